The van der Waals surface area contributed by atoms with E-state index in [0.29, 0.717) is 46.5 Å². The summed E-state index contributed by atoms with van der Waals surface area (Å²) in [6, 6.07) is 8.46. The van der Waals surface area contributed by atoms with Crippen molar-refractivity contribution in [1.29, 1.82) is 0 Å². The lowest BCUT2D eigenvalue weighted by Gasteiger charge is -2.27. The molecule has 1 spiro atoms. The molecule has 0 radical (unpaired) electrons. The van der Waals surface area contributed by atoms with Gasteiger partial charge in [0.1, 0.15) is 34.5 Å². The number of carbonyl (C=O) groups excluding carboxylic acids is 4. The molecule has 260 valence electrons. The molecule has 7 rings (SSSR count). The molecule has 12 nitrogen and oxygen atoms in total. The van der Waals surface area contributed by atoms with Crippen molar-refractivity contribution in [2.45, 2.75) is 91.3 Å². The zero-order valence-electron chi connectivity index (χ0n) is 28.8. The maximum Gasteiger partial charge on any atom is 0.248 e. The summed E-state index contributed by atoms with van der Waals surface area (Å²) in [7, 11) is 0. The number of hydrogen-bond acceptors (Lipinski definition) is 8. The summed E-state index contributed by atoms with van der Waals surface area (Å²) < 4.78 is 2.16. The Bertz CT molecular complexity index is 2030. The molecule has 3 atom stereocenters. The lowest BCUT2D eigenvalue weighted by Crippen LogP contribution is -2.47. The molecule has 1 aliphatic carbocycles. The van der Waals surface area contributed by atoms with E-state index in [0.717, 1.165) is 48.8 Å². The standard InChI is InChI=1S/C37H41BrN8O4/c1-21(47)32-26-14-24(25-17-39-22(2)40-18-25)9-11-27(26)45(44-32)19-31(48)46-28-15-37(16-29(37)46)20-41-35(50)36(3,4)13-7-5-6-8-23-10-12-30(38)42-33(23)43-34(28)49/h9-12,14,17-18,28-29H,5-8,13,15-16,19-20H2,1-4H3,(H,41,50)(H,42,43,49)/t28-,29+,37-/m0/s1. The second-order valence-corrected chi connectivity index (χ2v) is 15.5. The fourth-order valence-electron chi connectivity index (χ4n) is 7.60. The van der Waals surface area contributed by atoms with Gasteiger partial charge in [-0.15, -0.1) is 0 Å². The predicted octanol–water partition coefficient (Wildman–Crippen LogP) is 5.42. The average Bonchev–Trinajstić information content (AvgIpc) is 3.50. The van der Waals surface area contributed by atoms with Crippen molar-refractivity contribution in [2.75, 3.05) is 11.9 Å². The first kappa shape index (κ1) is 34.0. The fraction of sp³-hybridized carbons (Fsp3) is 0.459. The van der Waals surface area contributed by atoms with Crippen molar-refractivity contribution in [3.63, 3.8) is 0 Å². The number of aromatic nitrogens is 5. The minimum atomic E-state index is -0.769. The second kappa shape index (κ2) is 13.0. The number of Topliss-reactive ketones (excluding diaryl/α,β-unsaturated/α-hetero) is 1. The van der Waals surface area contributed by atoms with Crippen molar-refractivity contribution in [1.82, 2.24) is 34.9 Å². The number of rotatable bonds is 4. The van der Waals surface area contributed by atoms with Crippen LogP contribution in [0.4, 0.5) is 5.82 Å². The number of likely N-dealkylation sites (tertiary alicyclic amines) is 1. The third-order valence-corrected chi connectivity index (χ3v) is 11.1. The molecule has 3 aromatic heterocycles. The summed E-state index contributed by atoms with van der Waals surface area (Å²) in [5, 5.41) is 11.5. The van der Waals surface area contributed by atoms with Crippen molar-refractivity contribution >= 4 is 56.2 Å². The molecule has 2 aliphatic heterocycles. The summed E-state index contributed by atoms with van der Waals surface area (Å²) >= 11 is 3.45. The number of hydrogen-bond donors (Lipinski definition) is 2. The van der Waals surface area contributed by atoms with E-state index in [-0.39, 0.29) is 41.8 Å². The smallest absolute Gasteiger partial charge is 0.248 e. The molecule has 13 heteroatoms. The first-order valence-corrected chi connectivity index (χ1v) is 18.0. The van der Waals surface area contributed by atoms with Gasteiger partial charge in [0.15, 0.2) is 5.78 Å². The number of nitrogens with one attached hydrogen (secondary N) is 2. The minimum Gasteiger partial charge on any atom is -0.355 e. The summed E-state index contributed by atoms with van der Waals surface area (Å²) in [5.41, 5.74) is 2.50. The van der Waals surface area contributed by atoms with Gasteiger partial charge < -0.3 is 15.5 Å². The molecule has 2 fully saturated rings. The van der Waals surface area contributed by atoms with E-state index >= 15 is 0 Å². The molecule has 2 N–H and O–H groups in total. The van der Waals surface area contributed by atoms with Crippen molar-refractivity contribution < 1.29 is 19.2 Å². The Labute approximate surface area is 299 Å². The Balaban J connectivity index is 1.21. The zero-order chi connectivity index (χ0) is 35.4. The molecule has 3 aliphatic rings. The SMILES string of the molecule is CC(=O)c1nn(CC(=O)N2[C@H]3C[C@@]4(CNC(=O)C(C)(C)CCCCCc5ccc(Br)nc5NC3=O)C[C@@H]24)c2ccc(-c3cnc(C)nc3)cc12. The van der Waals surface area contributed by atoms with E-state index in [2.05, 4.69) is 46.6 Å². The van der Waals surface area contributed by atoms with Crippen LogP contribution in [-0.2, 0) is 27.3 Å². The van der Waals surface area contributed by atoms with Gasteiger partial charge in [-0.2, -0.15) is 5.10 Å². The number of nitrogens with zero attached hydrogens (tertiary/aromatic N) is 6. The van der Waals surface area contributed by atoms with Crippen molar-refractivity contribution in [3.05, 3.63) is 64.4 Å². The number of anilines is 1. The number of piperidine rings is 1. The van der Waals surface area contributed by atoms with Crippen LogP contribution in [0.2, 0.25) is 0 Å². The highest BCUT2D eigenvalue weighted by molar-refractivity contribution is 9.10. The molecule has 5 heterocycles. The van der Waals surface area contributed by atoms with Gasteiger partial charge in [0.2, 0.25) is 17.7 Å². The third-order valence-electron chi connectivity index (χ3n) is 10.6. The van der Waals surface area contributed by atoms with E-state index in [9.17, 15) is 19.2 Å². The average molecular weight is 742 g/mol. The first-order chi connectivity index (χ1) is 23.8. The predicted molar refractivity (Wildman–Crippen MR) is 191 cm³/mol. The van der Waals surface area contributed by atoms with Gasteiger partial charge >= 0.3 is 0 Å². The van der Waals surface area contributed by atoms with Crippen LogP contribution in [0.25, 0.3) is 22.0 Å². The van der Waals surface area contributed by atoms with Crippen LogP contribution in [0.5, 0.6) is 0 Å². The van der Waals surface area contributed by atoms with Crippen molar-refractivity contribution in [2.24, 2.45) is 10.8 Å². The normalized spacial score (nSPS) is 23.5. The van der Waals surface area contributed by atoms with E-state index in [1.54, 1.807) is 22.0 Å². The zero-order valence-corrected chi connectivity index (χ0v) is 30.3. The van der Waals surface area contributed by atoms with Gasteiger partial charge in [-0.25, -0.2) is 15.0 Å². The van der Waals surface area contributed by atoms with E-state index in [1.807, 2.05) is 51.1 Å². The molecular weight excluding hydrogens is 700 g/mol. The molecule has 4 aromatic rings. The molecule has 1 saturated heterocycles. The molecule has 2 bridgehead atoms. The number of aryl methyl sites for hydroxylation is 2. The summed E-state index contributed by atoms with van der Waals surface area (Å²) in [6.07, 6.45) is 8.82. The quantitative estimate of drug-likeness (QED) is 0.208. The van der Waals surface area contributed by atoms with E-state index in [1.165, 1.54) is 6.92 Å². The largest absolute Gasteiger partial charge is 0.355 e. The van der Waals surface area contributed by atoms with Crippen LogP contribution < -0.4 is 10.6 Å². The molecular formula is C37H41BrN8O4. The van der Waals surface area contributed by atoms with Crippen LogP contribution in [0.3, 0.4) is 0 Å². The molecule has 0 unspecified atom stereocenters. The lowest BCUT2D eigenvalue weighted by molar-refractivity contribution is -0.138. The maximum atomic E-state index is 14.4. The van der Waals surface area contributed by atoms with Crippen LogP contribution >= 0.6 is 15.9 Å². The second-order valence-electron chi connectivity index (χ2n) is 14.7. The minimum absolute atomic E-state index is 0.00821. The van der Waals surface area contributed by atoms with E-state index < -0.39 is 16.9 Å². The summed E-state index contributed by atoms with van der Waals surface area (Å²) in [5.74, 6) is 0.325. The number of ketones is 1. The van der Waals surface area contributed by atoms with Crippen LogP contribution in [0.1, 0.15) is 81.2 Å². The highest BCUT2D eigenvalue weighted by Gasteiger charge is 2.67. The van der Waals surface area contributed by atoms with Crippen molar-refractivity contribution in [3.8, 4) is 11.1 Å². The number of carbonyl (C=O) groups is 4. The molecule has 1 aromatic carbocycles. The van der Waals surface area contributed by atoms with Crippen LogP contribution in [-0.4, -0.2) is 71.8 Å². The Hall–Kier alpha value is -4.52. The van der Waals surface area contributed by atoms with Crippen LogP contribution in [0, 0.1) is 17.8 Å². The van der Waals surface area contributed by atoms with E-state index in [4.69, 9.17) is 0 Å². The third kappa shape index (κ3) is 6.43. The molecule has 1 saturated carbocycles. The summed E-state index contributed by atoms with van der Waals surface area (Å²) in [4.78, 5) is 69.5. The highest BCUT2D eigenvalue weighted by Crippen LogP contribution is 2.59. The summed E-state index contributed by atoms with van der Waals surface area (Å²) in [6.45, 7) is 7.45. The number of fused-ring (bicyclic) bond motifs is 3. The number of benzene rings is 1. The van der Waals surface area contributed by atoms with Gasteiger partial charge in [0, 0.05) is 53.7 Å². The van der Waals surface area contributed by atoms with Gasteiger partial charge in [-0.3, -0.25) is 23.9 Å². The highest BCUT2D eigenvalue weighted by atomic mass is 79.9. The number of pyridine rings is 1. The van der Waals surface area contributed by atoms with Gasteiger partial charge in [-0.1, -0.05) is 38.8 Å². The molecule has 3 amide bonds. The van der Waals surface area contributed by atoms with Gasteiger partial charge in [0.05, 0.1) is 5.52 Å². The monoisotopic (exact) mass is 740 g/mol. The van der Waals surface area contributed by atoms with Crippen LogP contribution in [0.15, 0.2) is 47.3 Å². The topological polar surface area (TPSA) is 152 Å². The van der Waals surface area contributed by atoms with Gasteiger partial charge in [0.25, 0.3) is 0 Å². The number of halogens is 1. The van der Waals surface area contributed by atoms with Gasteiger partial charge in [-0.05, 0) is 84.3 Å². The lowest BCUT2D eigenvalue weighted by atomic mass is 9.85. The Morgan fingerprint density at radius 1 is 1.02 bits per heavy atom. The maximum absolute atomic E-state index is 14.4. The fourth-order valence-corrected chi connectivity index (χ4v) is 7.91. The first-order valence-electron chi connectivity index (χ1n) is 17.2. The number of amides is 3. The Morgan fingerprint density at radius 3 is 2.56 bits per heavy atom. The molecule has 50 heavy (non-hydrogen) atoms. The Kier molecular flexibility index (Phi) is 8.82. The Morgan fingerprint density at radius 2 is 1.80 bits per heavy atom.